The molecule has 1 fully saturated rings. The van der Waals surface area contributed by atoms with E-state index in [1.165, 1.54) is 19.1 Å². The quantitative estimate of drug-likeness (QED) is 0.606. The van der Waals surface area contributed by atoms with E-state index in [9.17, 15) is 8.42 Å². The van der Waals surface area contributed by atoms with Crippen molar-refractivity contribution in [1.82, 2.24) is 0 Å². The summed E-state index contributed by atoms with van der Waals surface area (Å²) in [5, 5.41) is 0.384. The molecule has 0 unspecified atom stereocenters. The Bertz CT molecular complexity index is 190. The predicted molar refractivity (Wildman–Crippen MR) is 44.7 cm³/mol. The predicted octanol–water partition coefficient (Wildman–Crippen LogP) is 1.62. The Hall–Kier alpha value is 0.300. The lowest BCUT2D eigenvalue weighted by Crippen LogP contribution is -1.99. The molecule has 0 radical (unpaired) electrons. The molecule has 0 aromatic rings. The fraction of sp³-hybridized carbons (Fsp3) is 1.00. The zero-order valence-electron chi connectivity index (χ0n) is 6.04. The van der Waals surface area contributed by atoms with E-state index < -0.39 is 8.87 Å². The summed E-state index contributed by atoms with van der Waals surface area (Å²) in [6.07, 6.45) is 5.85. The first-order valence-electron chi connectivity index (χ1n) is 3.46. The number of rotatable bonds is 2. The molecule has 0 spiro atoms. The summed E-state index contributed by atoms with van der Waals surface area (Å²) in [5.74, 6) is 0. The smallest absolute Gasteiger partial charge is 0.198 e. The van der Waals surface area contributed by atoms with Crippen molar-refractivity contribution in [3.63, 3.8) is 0 Å². The highest BCUT2D eigenvalue weighted by Crippen LogP contribution is 2.32. The van der Waals surface area contributed by atoms with Gasteiger partial charge in [-0.2, -0.15) is 0 Å². The van der Waals surface area contributed by atoms with Crippen LogP contribution in [-0.4, -0.2) is 19.9 Å². The first-order chi connectivity index (χ1) is 4.58. The van der Waals surface area contributed by atoms with E-state index in [2.05, 4.69) is 0 Å². The first kappa shape index (κ1) is 8.40. The summed E-state index contributed by atoms with van der Waals surface area (Å²) < 4.78 is 21.5. The molecule has 1 saturated carbocycles. The second kappa shape index (κ2) is 3.13. The van der Waals surface area contributed by atoms with Gasteiger partial charge in [-0.1, -0.05) is 12.8 Å². The highest BCUT2D eigenvalue weighted by molar-refractivity contribution is 8.72. The molecule has 4 heteroatoms. The topological polar surface area (TPSA) is 34.1 Å². The molecule has 0 aromatic carbocycles. The summed E-state index contributed by atoms with van der Waals surface area (Å²) in [5.41, 5.74) is 0. The van der Waals surface area contributed by atoms with Crippen LogP contribution in [0.25, 0.3) is 0 Å². The van der Waals surface area contributed by atoms with E-state index in [0.29, 0.717) is 5.25 Å². The van der Waals surface area contributed by atoms with Gasteiger partial charge < -0.3 is 0 Å². The Kier molecular flexibility index (Phi) is 2.63. The van der Waals surface area contributed by atoms with E-state index in [1.54, 1.807) is 0 Å². The van der Waals surface area contributed by atoms with Crippen LogP contribution >= 0.6 is 10.8 Å². The second-order valence-corrected chi connectivity index (χ2v) is 7.37. The van der Waals surface area contributed by atoms with Crippen molar-refractivity contribution in [2.75, 3.05) is 6.26 Å². The molecule has 1 aliphatic carbocycles. The van der Waals surface area contributed by atoms with Crippen LogP contribution in [0.5, 0.6) is 0 Å². The molecule has 0 heterocycles. The highest BCUT2D eigenvalue weighted by Gasteiger charge is 2.19. The minimum atomic E-state index is -2.79. The Morgan fingerprint density at radius 2 is 1.80 bits per heavy atom. The maximum absolute atomic E-state index is 10.8. The summed E-state index contributed by atoms with van der Waals surface area (Å²) in [6.45, 7) is 0. The van der Waals surface area contributed by atoms with Crippen LogP contribution in [0.3, 0.4) is 0 Å². The first-order valence-corrected chi connectivity index (χ1v) is 6.75. The fourth-order valence-corrected chi connectivity index (χ4v) is 4.31. The van der Waals surface area contributed by atoms with Crippen molar-refractivity contribution in [2.45, 2.75) is 30.9 Å². The molecule has 10 heavy (non-hydrogen) atoms. The van der Waals surface area contributed by atoms with Crippen molar-refractivity contribution in [1.29, 1.82) is 0 Å². The third-order valence-corrected chi connectivity index (χ3v) is 4.57. The molecule has 0 amide bonds. The van der Waals surface area contributed by atoms with Crippen LogP contribution in [0.2, 0.25) is 0 Å². The Labute approximate surface area is 65.7 Å². The van der Waals surface area contributed by atoms with Gasteiger partial charge in [0, 0.05) is 11.5 Å². The normalized spacial score (nSPS) is 21.7. The van der Waals surface area contributed by atoms with Crippen molar-refractivity contribution < 1.29 is 8.42 Å². The minimum absolute atomic E-state index is 0.384. The molecule has 2 nitrogen and oxygen atoms in total. The maximum Gasteiger partial charge on any atom is 0.198 e. The molecule has 0 aromatic heterocycles. The molecule has 0 saturated heterocycles. The lowest BCUT2D eigenvalue weighted by atomic mass is 10.4. The standard InChI is InChI=1S/C6H12O2S2/c1-10(7,8)9-6-4-2-3-5-6/h6H,2-5H2,1H3. The monoisotopic (exact) mass is 180 g/mol. The molecule has 60 valence electrons. The summed E-state index contributed by atoms with van der Waals surface area (Å²) >= 11 is 0. The van der Waals surface area contributed by atoms with Gasteiger partial charge in [-0.25, -0.2) is 8.42 Å². The molecule has 0 atom stereocenters. The summed E-state index contributed by atoms with van der Waals surface area (Å²) in [7, 11) is -1.65. The van der Waals surface area contributed by atoms with E-state index in [0.717, 1.165) is 23.6 Å². The SMILES string of the molecule is CS(=O)(=O)SC1CCCC1. The summed E-state index contributed by atoms with van der Waals surface area (Å²) in [6, 6.07) is 0. The molecular formula is C6H12O2S2. The molecule has 1 aliphatic rings. The van der Waals surface area contributed by atoms with Crippen molar-refractivity contribution in [3.8, 4) is 0 Å². The Balaban J connectivity index is 2.38. The zero-order chi connectivity index (χ0) is 7.61. The molecular weight excluding hydrogens is 168 g/mol. The summed E-state index contributed by atoms with van der Waals surface area (Å²) in [4.78, 5) is 0. The van der Waals surface area contributed by atoms with E-state index in [-0.39, 0.29) is 0 Å². The zero-order valence-corrected chi connectivity index (χ0v) is 7.67. The molecule has 0 N–H and O–H groups in total. The van der Waals surface area contributed by atoms with Crippen molar-refractivity contribution in [2.24, 2.45) is 0 Å². The van der Waals surface area contributed by atoms with Crippen LogP contribution in [0, 0.1) is 0 Å². The van der Waals surface area contributed by atoms with Crippen LogP contribution < -0.4 is 0 Å². The van der Waals surface area contributed by atoms with Crippen molar-refractivity contribution in [3.05, 3.63) is 0 Å². The maximum atomic E-state index is 10.8. The highest BCUT2D eigenvalue weighted by atomic mass is 33.1. The average Bonchev–Trinajstić information content (AvgIpc) is 2.12. The largest absolute Gasteiger partial charge is 0.218 e. The van der Waals surface area contributed by atoms with Gasteiger partial charge in [0.1, 0.15) is 0 Å². The van der Waals surface area contributed by atoms with Gasteiger partial charge in [-0.05, 0) is 23.6 Å². The molecule has 0 aliphatic heterocycles. The van der Waals surface area contributed by atoms with Gasteiger partial charge in [0.15, 0.2) is 8.87 Å². The minimum Gasteiger partial charge on any atom is -0.218 e. The van der Waals surface area contributed by atoms with Gasteiger partial charge in [0.2, 0.25) is 0 Å². The van der Waals surface area contributed by atoms with Crippen LogP contribution in [0.1, 0.15) is 25.7 Å². The van der Waals surface area contributed by atoms with Gasteiger partial charge in [-0.3, -0.25) is 0 Å². The van der Waals surface area contributed by atoms with Crippen LogP contribution in [0.4, 0.5) is 0 Å². The van der Waals surface area contributed by atoms with Crippen LogP contribution in [0.15, 0.2) is 0 Å². The lowest BCUT2D eigenvalue weighted by molar-refractivity contribution is 0.615. The molecule has 1 rings (SSSR count). The lowest BCUT2D eigenvalue weighted by Gasteiger charge is -2.03. The van der Waals surface area contributed by atoms with E-state index in [1.807, 2.05) is 0 Å². The van der Waals surface area contributed by atoms with Crippen molar-refractivity contribution >= 4 is 19.7 Å². The van der Waals surface area contributed by atoms with E-state index >= 15 is 0 Å². The third-order valence-electron chi connectivity index (χ3n) is 1.61. The number of hydrogen-bond donors (Lipinski definition) is 0. The fourth-order valence-electron chi connectivity index (χ4n) is 1.23. The van der Waals surface area contributed by atoms with Gasteiger partial charge in [0.25, 0.3) is 0 Å². The number of hydrogen-bond acceptors (Lipinski definition) is 3. The Morgan fingerprint density at radius 3 is 2.20 bits per heavy atom. The Morgan fingerprint density at radius 1 is 1.30 bits per heavy atom. The molecule has 0 bridgehead atoms. The van der Waals surface area contributed by atoms with Gasteiger partial charge in [0.05, 0.1) is 0 Å². The van der Waals surface area contributed by atoms with Gasteiger partial charge in [-0.15, -0.1) is 0 Å². The third kappa shape index (κ3) is 2.92. The average molecular weight is 180 g/mol. The second-order valence-electron chi connectivity index (χ2n) is 2.71. The van der Waals surface area contributed by atoms with E-state index in [4.69, 9.17) is 0 Å². The van der Waals surface area contributed by atoms with Gasteiger partial charge >= 0.3 is 0 Å². The van der Waals surface area contributed by atoms with Crippen LogP contribution in [-0.2, 0) is 8.87 Å².